The van der Waals surface area contributed by atoms with Crippen LogP contribution in [0.1, 0.15) is 11.3 Å². The molecule has 2 amide bonds. The highest BCUT2D eigenvalue weighted by atomic mass is 16.5. The summed E-state index contributed by atoms with van der Waals surface area (Å²) in [5.74, 6) is 0.905. The number of urea groups is 1. The second-order valence-electron chi connectivity index (χ2n) is 4.95. The maximum absolute atomic E-state index is 11.9. The van der Waals surface area contributed by atoms with Gasteiger partial charge in [-0.2, -0.15) is 5.26 Å². The average Bonchev–Trinajstić information content (AvgIpc) is 2.90. The molecule has 1 aromatic carbocycles. The third-order valence-corrected chi connectivity index (χ3v) is 2.67. The van der Waals surface area contributed by atoms with Gasteiger partial charge in [0.2, 0.25) is 0 Å². The fraction of sp³-hybridized carbons (Fsp3) is 0.200. The van der Waals surface area contributed by atoms with Crippen LogP contribution in [0.4, 0.5) is 22.0 Å². The molecule has 0 fully saturated rings. The highest BCUT2D eigenvalue weighted by molar-refractivity contribution is 5.99. The van der Waals surface area contributed by atoms with Crippen molar-refractivity contribution in [2.24, 2.45) is 4.99 Å². The second kappa shape index (κ2) is 7.09. The number of aromatic nitrogens is 1. The van der Waals surface area contributed by atoms with Crippen LogP contribution in [0.5, 0.6) is 0 Å². The molecule has 0 aliphatic carbocycles. The van der Waals surface area contributed by atoms with E-state index in [9.17, 15) is 10.1 Å². The maximum Gasteiger partial charge on any atom is 0.324 e. The van der Waals surface area contributed by atoms with E-state index < -0.39 is 6.03 Å². The summed E-state index contributed by atoms with van der Waals surface area (Å²) >= 11 is 0. The molecule has 0 aliphatic rings. The smallest absolute Gasteiger partial charge is 0.324 e. The second-order valence-corrected chi connectivity index (χ2v) is 4.95. The first-order valence-corrected chi connectivity index (χ1v) is 6.74. The summed E-state index contributed by atoms with van der Waals surface area (Å²) in [5, 5.41) is 18.0. The van der Waals surface area contributed by atoms with Crippen LogP contribution in [0.3, 0.4) is 0 Å². The van der Waals surface area contributed by atoms with Gasteiger partial charge in [0.15, 0.2) is 5.82 Å². The van der Waals surface area contributed by atoms with Crippen LogP contribution >= 0.6 is 0 Å². The molecule has 1 aromatic heterocycles. The lowest BCUT2D eigenvalue weighted by Crippen LogP contribution is -2.19. The van der Waals surface area contributed by atoms with Crippen LogP contribution in [0.2, 0.25) is 0 Å². The van der Waals surface area contributed by atoms with E-state index in [0.29, 0.717) is 28.5 Å². The number of nitriles is 1. The van der Waals surface area contributed by atoms with Gasteiger partial charge in [0, 0.05) is 25.8 Å². The summed E-state index contributed by atoms with van der Waals surface area (Å²) in [7, 11) is 3.67. The van der Waals surface area contributed by atoms with Crippen molar-refractivity contribution in [2.75, 3.05) is 24.7 Å². The molecule has 0 saturated heterocycles. The van der Waals surface area contributed by atoms with Gasteiger partial charge < -0.3 is 14.7 Å². The number of hydrogen-bond acceptors (Lipinski definition) is 5. The molecule has 0 radical (unpaired) electrons. The maximum atomic E-state index is 11.9. The van der Waals surface area contributed by atoms with Gasteiger partial charge in [-0.3, -0.25) is 5.32 Å². The van der Waals surface area contributed by atoms with Gasteiger partial charge in [0.25, 0.3) is 0 Å². The highest BCUT2D eigenvalue weighted by Gasteiger charge is 2.08. The minimum Gasteiger partial charge on any atom is -0.369 e. The molecule has 0 unspecified atom stereocenters. The standard InChI is InChI=1S/C15H16N6O2/c1-10-6-14(20-23-10)19-15(22)18-12-4-5-13(11(7-12)8-16)17-9-21(2)3/h4-7,9H,1-3H3,(H2,18,19,20,22)/b17-9+. The molecule has 1 heterocycles. The van der Waals surface area contributed by atoms with Crippen LogP contribution in [0, 0.1) is 18.3 Å². The van der Waals surface area contributed by atoms with Crippen molar-refractivity contribution < 1.29 is 9.32 Å². The van der Waals surface area contributed by atoms with Gasteiger partial charge in [-0.25, -0.2) is 9.79 Å². The molecule has 8 heteroatoms. The Bertz CT molecular complexity index is 773. The Balaban J connectivity index is 2.08. The molecular formula is C15H16N6O2. The van der Waals surface area contributed by atoms with E-state index in [1.54, 1.807) is 42.4 Å². The van der Waals surface area contributed by atoms with Crippen molar-refractivity contribution in [3.8, 4) is 6.07 Å². The summed E-state index contributed by atoms with van der Waals surface area (Å²) in [6.45, 7) is 1.72. The number of amides is 2. The van der Waals surface area contributed by atoms with Crippen LogP contribution in [0.15, 0.2) is 33.8 Å². The van der Waals surface area contributed by atoms with Gasteiger partial charge in [-0.15, -0.1) is 0 Å². The van der Waals surface area contributed by atoms with Gasteiger partial charge in [0.05, 0.1) is 17.6 Å². The number of carbonyl (C=O) groups is 1. The number of hydrogen-bond donors (Lipinski definition) is 2. The molecule has 0 spiro atoms. The number of nitrogens with zero attached hydrogens (tertiary/aromatic N) is 4. The van der Waals surface area contributed by atoms with Crippen molar-refractivity contribution in [1.29, 1.82) is 5.26 Å². The molecular weight excluding hydrogens is 296 g/mol. The van der Waals surface area contributed by atoms with Crippen molar-refractivity contribution in [2.45, 2.75) is 6.92 Å². The van der Waals surface area contributed by atoms with Gasteiger partial charge in [0.1, 0.15) is 11.8 Å². The van der Waals surface area contributed by atoms with Gasteiger partial charge in [-0.05, 0) is 25.1 Å². The largest absolute Gasteiger partial charge is 0.369 e. The molecule has 0 bridgehead atoms. The monoisotopic (exact) mass is 312 g/mol. The van der Waals surface area contributed by atoms with Crippen LogP contribution in [0.25, 0.3) is 0 Å². The Morgan fingerprint density at radius 2 is 2.17 bits per heavy atom. The summed E-state index contributed by atoms with van der Waals surface area (Å²) < 4.78 is 4.86. The average molecular weight is 312 g/mol. The van der Waals surface area contributed by atoms with Crippen molar-refractivity contribution in [3.63, 3.8) is 0 Å². The van der Waals surface area contributed by atoms with E-state index in [-0.39, 0.29) is 0 Å². The number of aryl methyl sites for hydroxylation is 1. The number of aliphatic imine (C=N–C) groups is 1. The minimum atomic E-state index is -0.480. The first-order valence-electron chi connectivity index (χ1n) is 6.74. The fourth-order valence-corrected chi connectivity index (χ4v) is 1.70. The molecule has 23 heavy (non-hydrogen) atoms. The van der Waals surface area contributed by atoms with Crippen LogP contribution in [-0.4, -0.2) is 36.5 Å². The Morgan fingerprint density at radius 3 is 2.78 bits per heavy atom. The first-order chi connectivity index (χ1) is 11.0. The Labute approximate surface area is 133 Å². The molecule has 8 nitrogen and oxygen atoms in total. The lowest BCUT2D eigenvalue weighted by molar-refractivity contribution is 0.262. The van der Waals surface area contributed by atoms with Crippen molar-refractivity contribution in [3.05, 3.63) is 35.6 Å². The van der Waals surface area contributed by atoms with Crippen molar-refractivity contribution in [1.82, 2.24) is 10.1 Å². The fourth-order valence-electron chi connectivity index (χ4n) is 1.70. The molecule has 2 aromatic rings. The Hall–Kier alpha value is -3.34. The molecule has 0 aliphatic heterocycles. The first kappa shape index (κ1) is 16.0. The van der Waals surface area contributed by atoms with Crippen molar-refractivity contribution >= 4 is 29.6 Å². The molecule has 2 rings (SSSR count). The zero-order valence-corrected chi connectivity index (χ0v) is 13.0. The van der Waals surface area contributed by atoms with E-state index >= 15 is 0 Å². The third-order valence-electron chi connectivity index (χ3n) is 2.67. The quantitative estimate of drug-likeness (QED) is 0.667. The molecule has 0 saturated carbocycles. The molecule has 118 valence electrons. The zero-order valence-electron chi connectivity index (χ0n) is 13.0. The topological polar surface area (TPSA) is 107 Å². The summed E-state index contributed by atoms with van der Waals surface area (Å²) in [4.78, 5) is 17.8. The van der Waals surface area contributed by atoms with Crippen LogP contribution < -0.4 is 10.6 Å². The summed E-state index contributed by atoms with van der Waals surface area (Å²) in [6, 6.07) is 8.05. The zero-order chi connectivity index (χ0) is 16.8. The number of rotatable bonds is 4. The SMILES string of the molecule is Cc1cc(NC(=O)Nc2ccc(/N=C/N(C)C)c(C#N)c2)no1. The van der Waals surface area contributed by atoms with E-state index in [4.69, 9.17) is 4.52 Å². The summed E-state index contributed by atoms with van der Waals surface area (Å²) in [6.07, 6.45) is 1.60. The van der Waals surface area contributed by atoms with Gasteiger partial charge >= 0.3 is 6.03 Å². The number of benzene rings is 1. The third kappa shape index (κ3) is 4.57. The van der Waals surface area contributed by atoms with E-state index in [2.05, 4.69) is 26.9 Å². The predicted octanol–water partition coefficient (Wildman–Crippen LogP) is 2.72. The Kier molecular flexibility index (Phi) is 4.94. The molecule has 0 atom stereocenters. The number of nitrogens with one attached hydrogen (secondary N) is 2. The van der Waals surface area contributed by atoms with Crippen LogP contribution in [-0.2, 0) is 0 Å². The van der Waals surface area contributed by atoms with Gasteiger partial charge in [-0.1, -0.05) is 5.16 Å². The van der Waals surface area contributed by atoms with E-state index in [0.717, 1.165) is 0 Å². The van der Waals surface area contributed by atoms with E-state index in [1.807, 2.05) is 14.1 Å². The minimum absolute atomic E-state index is 0.313. The van der Waals surface area contributed by atoms with E-state index in [1.165, 1.54) is 0 Å². The number of anilines is 2. The number of carbonyl (C=O) groups excluding carboxylic acids is 1. The lowest BCUT2D eigenvalue weighted by Gasteiger charge is -2.07. The Morgan fingerprint density at radius 1 is 1.39 bits per heavy atom. The highest BCUT2D eigenvalue weighted by Crippen LogP contribution is 2.22. The predicted molar refractivity (Wildman–Crippen MR) is 86.9 cm³/mol. The summed E-state index contributed by atoms with van der Waals surface area (Å²) in [5.41, 5.74) is 1.36. The normalized spacial score (nSPS) is 10.3. The lowest BCUT2D eigenvalue weighted by atomic mass is 10.2. The molecule has 2 N–H and O–H groups in total.